The van der Waals surface area contributed by atoms with Crippen LogP contribution in [-0.4, -0.2) is 16.1 Å². The zero-order valence-electron chi connectivity index (χ0n) is 9.31. The molecule has 4 heteroatoms. The Morgan fingerprint density at radius 3 is 3.00 bits per heavy atom. The van der Waals surface area contributed by atoms with E-state index in [1.54, 1.807) is 10.9 Å². The summed E-state index contributed by atoms with van der Waals surface area (Å²) in [6, 6.07) is 5.71. The summed E-state index contributed by atoms with van der Waals surface area (Å²) < 4.78 is 1.62. The highest BCUT2D eigenvalue weighted by Crippen LogP contribution is 2.08. The summed E-state index contributed by atoms with van der Waals surface area (Å²) in [5, 5.41) is 0.680. The molecule has 2 rings (SSSR count). The van der Waals surface area contributed by atoms with E-state index < -0.39 is 0 Å². The van der Waals surface area contributed by atoms with Gasteiger partial charge in [-0.1, -0.05) is 11.6 Å². The monoisotopic (exact) mass is 217 g/mol. The molecule has 1 heterocycles. The van der Waals surface area contributed by atoms with Crippen LogP contribution >= 0.6 is 0 Å². The van der Waals surface area contributed by atoms with E-state index in [-0.39, 0.29) is 5.56 Å². The Bertz CT molecular complexity index is 560. The molecule has 0 saturated carbocycles. The highest BCUT2D eigenvalue weighted by molar-refractivity contribution is 5.77. The zero-order chi connectivity index (χ0) is 11.5. The van der Waals surface area contributed by atoms with Crippen molar-refractivity contribution in [1.82, 2.24) is 9.55 Å². The quantitative estimate of drug-likeness (QED) is 0.836. The number of nitrogens with zero attached hydrogens (tertiary/aromatic N) is 2. The zero-order valence-corrected chi connectivity index (χ0v) is 9.31. The summed E-state index contributed by atoms with van der Waals surface area (Å²) in [7, 11) is 0. The molecule has 0 fully saturated rings. The molecule has 4 nitrogen and oxygen atoms in total. The lowest BCUT2D eigenvalue weighted by Gasteiger charge is -2.05. The Hall–Kier alpha value is -1.68. The Morgan fingerprint density at radius 2 is 2.25 bits per heavy atom. The molecule has 2 aromatic rings. The molecule has 1 aromatic heterocycles. The van der Waals surface area contributed by atoms with Gasteiger partial charge in [0.25, 0.3) is 5.56 Å². The van der Waals surface area contributed by atoms with Crippen molar-refractivity contribution in [2.24, 2.45) is 5.73 Å². The number of benzene rings is 1. The minimum atomic E-state index is 0.0159. The van der Waals surface area contributed by atoms with Gasteiger partial charge in [-0.05, 0) is 32.0 Å². The average Bonchev–Trinajstić information content (AvgIpc) is 2.29. The van der Waals surface area contributed by atoms with E-state index in [1.807, 2.05) is 25.1 Å². The smallest absolute Gasteiger partial charge is 0.261 e. The molecule has 0 atom stereocenters. The second-order valence-electron chi connectivity index (χ2n) is 3.91. The normalized spacial score (nSPS) is 10.9. The van der Waals surface area contributed by atoms with Gasteiger partial charge in [-0.3, -0.25) is 9.36 Å². The van der Waals surface area contributed by atoms with Gasteiger partial charge in [0, 0.05) is 6.54 Å². The van der Waals surface area contributed by atoms with Crippen LogP contribution in [0.4, 0.5) is 0 Å². The van der Waals surface area contributed by atoms with E-state index in [0.29, 0.717) is 18.5 Å². The van der Waals surface area contributed by atoms with Crippen molar-refractivity contribution in [1.29, 1.82) is 0 Å². The summed E-state index contributed by atoms with van der Waals surface area (Å²) in [5.41, 5.74) is 7.27. The third-order valence-corrected chi connectivity index (χ3v) is 2.58. The molecule has 0 bridgehead atoms. The Kier molecular flexibility index (Phi) is 3.01. The summed E-state index contributed by atoms with van der Waals surface area (Å²) >= 11 is 0. The van der Waals surface area contributed by atoms with Crippen LogP contribution < -0.4 is 11.3 Å². The van der Waals surface area contributed by atoms with Crippen molar-refractivity contribution in [2.75, 3.05) is 6.54 Å². The van der Waals surface area contributed by atoms with Gasteiger partial charge in [-0.15, -0.1) is 0 Å². The first kappa shape index (κ1) is 10.8. The number of hydrogen-bond donors (Lipinski definition) is 1. The van der Waals surface area contributed by atoms with E-state index in [4.69, 9.17) is 5.73 Å². The van der Waals surface area contributed by atoms with Gasteiger partial charge in [-0.25, -0.2) is 4.98 Å². The number of hydrogen-bond acceptors (Lipinski definition) is 3. The maximum atomic E-state index is 12.1. The van der Waals surface area contributed by atoms with E-state index in [0.717, 1.165) is 17.5 Å². The van der Waals surface area contributed by atoms with Crippen LogP contribution in [0.1, 0.15) is 12.0 Å². The molecule has 16 heavy (non-hydrogen) atoms. The van der Waals surface area contributed by atoms with Crippen LogP contribution in [-0.2, 0) is 6.54 Å². The topological polar surface area (TPSA) is 60.9 Å². The number of fused-ring (bicyclic) bond motifs is 1. The number of aryl methyl sites for hydroxylation is 2. The third-order valence-electron chi connectivity index (χ3n) is 2.58. The molecule has 0 spiro atoms. The highest BCUT2D eigenvalue weighted by atomic mass is 16.1. The van der Waals surface area contributed by atoms with Gasteiger partial charge < -0.3 is 5.73 Å². The van der Waals surface area contributed by atoms with Crippen LogP contribution in [0.3, 0.4) is 0 Å². The van der Waals surface area contributed by atoms with E-state index in [1.165, 1.54) is 0 Å². The summed E-state index contributed by atoms with van der Waals surface area (Å²) in [4.78, 5) is 16.3. The molecular formula is C12H15N3O. The fourth-order valence-corrected chi connectivity index (χ4v) is 1.69. The summed E-state index contributed by atoms with van der Waals surface area (Å²) in [6.07, 6.45) is 2.38. The second-order valence-corrected chi connectivity index (χ2v) is 3.91. The number of aromatic nitrogens is 2. The molecular weight excluding hydrogens is 202 g/mol. The van der Waals surface area contributed by atoms with Crippen molar-refractivity contribution in [3.8, 4) is 0 Å². The first-order valence-corrected chi connectivity index (χ1v) is 5.38. The van der Waals surface area contributed by atoms with Gasteiger partial charge >= 0.3 is 0 Å². The highest BCUT2D eigenvalue weighted by Gasteiger charge is 2.03. The van der Waals surface area contributed by atoms with E-state index >= 15 is 0 Å². The van der Waals surface area contributed by atoms with E-state index in [9.17, 15) is 4.79 Å². The molecule has 84 valence electrons. The van der Waals surface area contributed by atoms with Crippen molar-refractivity contribution in [3.05, 3.63) is 40.4 Å². The fourth-order valence-electron chi connectivity index (χ4n) is 1.69. The Morgan fingerprint density at radius 1 is 1.44 bits per heavy atom. The Labute approximate surface area is 93.7 Å². The molecule has 0 saturated heterocycles. The molecule has 0 aliphatic rings. The third kappa shape index (κ3) is 1.97. The van der Waals surface area contributed by atoms with Gasteiger partial charge in [0.2, 0.25) is 0 Å². The lowest BCUT2D eigenvalue weighted by molar-refractivity contribution is 0.624. The van der Waals surface area contributed by atoms with E-state index in [2.05, 4.69) is 4.98 Å². The molecule has 0 aliphatic heterocycles. The van der Waals surface area contributed by atoms with Crippen molar-refractivity contribution in [3.63, 3.8) is 0 Å². The van der Waals surface area contributed by atoms with Crippen LogP contribution in [0.2, 0.25) is 0 Å². The van der Waals surface area contributed by atoms with Gasteiger partial charge in [0.15, 0.2) is 0 Å². The molecule has 0 aliphatic carbocycles. The van der Waals surface area contributed by atoms with Crippen molar-refractivity contribution in [2.45, 2.75) is 19.9 Å². The SMILES string of the molecule is Cc1ccc2ncn(CCCN)c(=O)c2c1. The van der Waals surface area contributed by atoms with Gasteiger partial charge in [-0.2, -0.15) is 0 Å². The van der Waals surface area contributed by atoms with Crippen LogP contribution in [0.5, 0.6) is 0 Å². The number of nitrogens with two attached hydrogens (primary N) is 1. The maximum Gasteiger partial charge on any atom is 0.261 e. The molecule has 1 aromatic carbocycles. The standard InChI is InChI=1S/C12H15N3O/c1-9-3-4-11-10(7-9)12(16)15(8-14-11)6-2-5-13/h3-4,7-8H,2,5-6,13H2,1H3. The molecule has 0 amide bonds. The Balaban J connectivity index is 2.55. The first-order chi connectivity index (χ1) is 7.72. The minimum absolute atomic E-state index is 0.0159. The molecule has 2 N–H and O–H groups in total. The van der Waals surface area contributed by atoms with Crippen LogP contribution in [0.25, 0.3) is 10.9 Å². The van der Waals surface area contributed by atoms with Crippen LogP contribution in [0, 0.1) is 6.92 Å². The molecule has 0 unspecified atom stereocenters. The maximum absolute atomic E-state index is 12.1. The van der Waals surface area contributed by atoms with Crippen molar-refractivity contribution >= 4 is 10.9 Å². The predicted molar refractivity (Wildman–Crippen MR) is 64.4 cm³/mol. The number of rotatable bonds is 3. The summed E-state index contributed by atoms with van der Waals surface area (Å²) in [5.74, 6) is 0. The average molecular weight is 217 g/mol. The molecule has 0 radical (unpaired) electrons. The lowest BCUT2D eigenvalue weighted by Crippen LogP contribution is -2.22. The lowest BCUT2D eigenvalue weighted by atomic mass is 10.2. The van der Waals surface area contributed by atoms with Gasteiger partial charge in [0.05, 0.1) is 17.2 Å². The predicted octanol–water partition coefficient (Wildman–Crippen LogP) is 1.05. The largest absolute Gasteiger partial charge is 0.330 e. The second kappa shape index (κ2) is 4.45. The fraction of sp³-hybridized carbons (Fsp3) is 0.333. The minimum Gasteiger partial charge on any atom is -0.330 e. The summed E-state index contributed by atoms with van der Waals surface area (Å²) in [6.45, 7) is 3.18. The van der Waals surface area contributed by atoms with Gasteiger partial charge in [0.1, 0.15) is 0 Å². The first-order valence-electron chi connectivity index (χ1n) is 5.38. The van der Waals surface area contributed by atoms with Crippen molar-refractivity contribution < 1.29 is 0 Å². The van der Waals surface area contributed by atoms with Crippen LogP contribution in [0.15, 0.2) is 29.3 Å².